The number of hydrogen-bond donors (Lipinski definition) is 1. The molecule has 0 aliphatic carbocycles. The molecule has 1 aromatic carbocycles. The largest absolute Gasteiger partial charge is 0.454 e. The molecule has 6 heteroatoms. The number of nitrogens with one attached hydrogen (secondary N) is 1. The second-order valence-electron chi connectivity index (χ2n) is 6.74. The van der Waals surface area contributed by atoms with E-state index >= 15 is 0 Å². The van der Waals surface area contributed by atoms with Crippen LogP contribution in [0.1, 0.15) is 57.1 Å². The Morgan fingerprint density at radius 3 is 2.37 bits per heavy atom. The number of carbonyl (C=O) groups is 3. The van der Waals surface area contributed by atoms with Gasteiger partial charge in [-0.05, 0) is 58.7 Å². The van der Waals surface area contributed by atoms with Gasteiger partial charge in [0.1, 0.15) is 0 Å². The predicted molar refractivity (Wildman–Crippen MR) is 107 cm³/mol. The highest BCUT2D eigenvalue weighted by molar-refractivity contribution is 8.00. The van der Waals surface area contributed by atoms with Gasteiger partial charge >= 0.3 is 5.97 Å². The van der Waals surface area contributed by atoms with Crippen molar-refractivity contribution in [1.82, 2.24) is 4.98 Å². The van der Waals surface area contributed by atoms with E-state index in [1.807, 2.05) is 26.0 Å². The van der Waals surface area contributed by atoms with Crippen molar-refractivity contribution in [2.75, 3.05) is 5.75 Å². The first kappa shape index (κ1) is 21.0. The van der Waals surface area contributed by atoms with Crippen molar-refractivity contribution in [2.24, 2.45) is 0 Å². The van der Waals surface area contributed by atoms with Crippen LogP contribution in [0, 0.1) is 27.7 Å². The number of ketones is 2. The topological polar surface area (TPSA) is 76.2 Å². The number of thioether (sulfide) groups is 1. The fourth-order valence-corrected chi connectivity index (χ4v) is 3.90. The SMILES string of the molecule is CC(=O)c1c(C)[nH]c(C(=O)[C@@H](C)OC(=O)CSc2ccc(C)cc2C)c1C. The Hall–Kier alpha value is -2.34. The molecule has 27 heavy (non-hydrogen) atoms. The smallest absolute Gasteiger partial charge is 0.316 e. The van der Waals surface area contributed by atoms with Gasteiger partial charge in [0.25, 0.3) is 0 Å². The van der Waals surface area contributed by atoms with E-state index in [1.165, 1.54) is 24.2 Å². The first-order valence-corrected chi connectivity index (χ1v) is 9.74. The summed E-state index contributed by atoms with van der Waals surface area (Å²) in [5, 5.41) is 0. The minimum absolute atomic E-state index is 0.102. The summed E-state index contributed by atoms with van der Waals surface area (Å²) in [5.74, 6) is -0.764. The molecule has 0 bridgehead atoms. The Bertz CT molecular complexity index is 898. The first-order chi connectivity index (χ1) is 12.6. The van der Waals surface area contributed by atoms with Crippen molar-refractivity contribution in [3.8, 4) is 0 Å². The Morgan fingerprint density at radius 1 is 1.15 bits per heavy atom. The highest BCUT2D eigenvalue weighted by Crippen LogP contribution is 2.24. The summed E-state index contributed by atoms with van der Waals surface area (Å²) in [6.45, 7) is 10.5. The highest BCUT2D eigenvalue weighted by Gasteiger charge is 2.26. The number of aromatic amines is 1. The van der Waals surface area contributed by atoms with E-state index in [-0.39, 0.29) is 17.3 Å². The van der Waals surface area contributed by atoms with Gasteiger partial charge in [-0.2, -0.15) is 0 Å². The van der Waals surface area contributed by atoms with Crippen molar-refractivity contribution in [1.29, 1.82) is 0 Å². The van der Waals surface area contributed by atoms with Gasteiger partial charge < -0.3 is 9.72 Å². The van der Waals surface area contributed by atoms with Crippen LogP contribution in [0.4, 0.5) is 0 Å². The number of esters is 1. The Labute approximate surface area is 163 Å². The maximum atomic E-state index is 12.6. The zero-order valence-electron chi connectivity index (χ0n) is 16.6. The van der Waals surface area contributed by atoms with Crippen LogP contribution in [0.3, 0.4) is 0 Å². The fourth-order valence-electron chi connectivity index (χ4n) is 3.11. The molecule has 2 rings (SSSR count). The number of carbonyl (C=O) groups excluding carboxylic acids is 3. The molecule has 0 amide bonds. The zero-order chi connectivity index (χ0) is 20.3. The number of H-pyrrole nitrogens is 1. The summed E-state index contributed by atoms with van der Waals surface area (Å²) in [5.41, 5.74) is 4.35. The van der Waals surface area contributed by atoms with Crippen molar-refractivity contribution in [3.05, 3.63) is 51.8 Å². The molecule has 1 N–H and O–H groups in total. The van der Waals surface area contributed by atoms with Gasteiger partial charge in [-0.15, -0.1) is 11.8 Å². The molecule has 0 unspecified atom stereocenters. The molecule has 1 atom stereocenters. The van der Waals surface area contributed by atoms with E-state index in [9.17, 15) is 14.4 Å². The molecular formula is C21H25NO4S. The second-order valence-corrected chi connectivity index (χ2v) is 7.75. The summed E-state index contributed by atoms with van der Waals surface area (Å²) < 4.78 is 5.30. The standard InChI is InChI=1S/C21H25NO4S/c1-11-7-8-17(12(2)9-11)27-10-18(24)26-16(6)21(25)20-13(3)19(15(5)23)14(4)22-20/h7-9,16,22H,10H2,1-6H3/t16-/m1/s1. The second kappa shape index (κ2) is 8.57. The van der Waals surface area contributed by atoms with Gasteiger partial charge in [-0.25, -0.2) is 0 Å². The number of aryl methyl sites for hydroxylation is 3. The van der Waals surface area contributed by atoms with Crippen LogP contribution in [0.2, 0.25) is 0 Å². The van der Waals surface area contributed by atoms with Crippen molar-refractivity contribution >= 4 is 29.3 Å². The molecule has 0 spiro atoms. The first-order valence-electron chi connectivity index (χ1n) is 8.75. The van der Waals surface area contributed by atoms with Gasteiger partial charge in [0.2, 0.25) is 5.78 Å². The lowest BCUT2D eigenvalue weighted by atomic mass is 10.0. The van der Waals surface area contributed by atoms with Crippen LogP contribution in [0.25, 0.3) is 0 Å². The van der Waals surface area contributed by atoms with Gasteiger partial charge in [0.15, 0.2) is 11.9 Å². The Kier molecular flexibility index (Phi) is 6.65. The highest BCUT2D eigenvalue weighted by atomic mass is 32.2. The molecule has 0 aliphatic heterocycles. The molecule has 0 saturated heterocycles. The quantitative estimate of drug-likeness (QED) is 0.434. The molecule has 144 valence electrons. The monoisotopic (exact) mass is 387 g/mol. The van der Waals surface area contributed by atoms with E-state index in [4.69, 9.17) is 4.74 Å². The lowest BCUT2D eigenvalue weighted by Crippen LogP contribution is -2.26. The molecule has 5 nitrogen and oxygen atoms in total. The number of benzene rings is 1. The van der Waals surface area contributed by atoms with E-state index < -0.39 is 12.1 Å². The third-order valence-electron chi connectivity index (χ3n) is 4.39. The van der Waals surface area contributed by atoms with Crippen molar-refractivity contribution < 1.29 is 19.1 Å². The van der Waals surface area contributed by atoms with Crippen LogP contribution < -0.4 is 0 Å². The minimum atomic E-state index is -0.922. The van der Waals surface area contributed by atoms with E-state index in [1.54, 1.807) is 20.8 Å². The van der Waals surface area contributed by atoms with Gasteiger partial charge in [-0.3, -0.25) is 14.4 Å². The summed E-state index contributed by atoms with van der Waals surface area (Å²) >= 11 is 1.39. The van der Waals surface area contributed by atoms with E-state index in [2.05, 4.69) is 11.1 Å². The lowest BCUT2D eigenvalue weighted by Gasteiger charge is -2.12. The maximum absolute atomic E-state index is 12.6. The third kappa shape index (κ3) is 4.89. The molecule has 0 fully saturated rings. The Balaban J connectivity index is 2.01. The molecule has 1 heterocycles. The third-order valence-corrected chi connectivity index (χ3v) is 5.54. The average molecular weight is 388 g/mol. The summed E-state index contributed by atoms with van der Waals surface area (Å²) in [7, 11) is 0. The predicted octanol–water partition coefficient (Wildman–Crippen LogP) is 4.36. The normalized spacial score (nSPS) is 11.9. The van der Waals surface area contributed by atoms with Crippen LogP contribution >= 0.6 is 11.8 Å². The average Bonchev–Trinajstić information content (AvgIpc) is 2.87. The Morgan fingerprint density at radius 2 is 1.81 bits per heavy atom. The van der Waals surface area contributed by atoms with Crippen molar-refractivity contribution in [3.63, 3.8) is 0 Å². The maximum Gasteiger partial charge on any atom is 0.316 e. The number of aromatic nitrogens is 1. The fraction of sp³-hybridized carbons (Fsp3) is 0.381. The summed E-state index contributed by atoms with van der Waals surface area (Å²) in [6, 6.07) is 6.03. The minimum Gasteiger partial charge on any atom is -0.454 e. The van der Waals surface area contributed by atoms with Crippen molar-refractivity contribution in [2.45, 2.75) is 52.5 Å². The van der Waals surface area contributed by atoms with E-state index in [0.717, 1.165) is 10.5 Å². The van der Waals surface area contributed by atoms with Gasteiger partial charge in [0, 0.05) is 16.2 Å². The number of hydrogen-bond acceptors (Lipinski definition) is 5. The number of ether oxygens (including phenoxy) is 1. The zero-order valence-corrected chi connectivity index (χ0v) is 17.4. The van der Waals surface area contributed by atoms with Crippen LogP contribution in [-0.2, 0) is 9.53 Å². The molecule has 0 saturated carbocycles. The molecule has 0 radical (unpaired) electrons. The van der Waals surface area contributed by atoms with Crippen LogP contribution in [0.15, 0.2) is 23.1 Å². The summed E-state index contributed by atoms with van der Waals surface area (Å²) in [6.07, 6.45) is -0.922. The van der Waals surface area contributed by atoms with Crippen LogP contribution in [-0.4, -0.2) is 34.4 Å². The molecular weight excluding hydrogens is 362 g/mol. The lowest BCUT2D eigenvalue weighted by molar-refractivity contribution is -0.143. The van der Waals surface area contributed by atoms with Crippen LogP contribution in [0.5, 0.6) is 0 Å². The molecule has 0 aliphatic rings. The number of Topliss-reactive ketones (excluding diaryl/α,β-unsaturated/α-hetero) is 2. The number of rotatable bonds is 7. The summed E-state index contributed by atoms with van der Waals surface area (Å²) in [4.78, 5) is 40.5. The van der Waals surface area contributed by atoms with Gasteiger partial charge in [0.05, 0.1) is 11.4 Å². The van der Waals surface area contributed by atoms with E-state index in [0.29, 0.717) is 22.5 Å². The van der Waals surface area contributed by atoms with Gasteiger partial charge in [-0.1, -0.05) is 17.7 Å². The molecule has 1 aromatic heterocycles. The molecule has 2 aromatic rings.